The first-order valence-electron chi connectivity index (χ1n) is 4.54. The van der Waals surface area contributed by atoms with Gasteiger partial charge in [-0.15, -0.1) is 0 Å². The van der Waals surface area contributed by atoms with Crippen molar-refractivity contribution in [3.05, 3.63) is 0 Å². The van der Waals surface area contributed by atoms with Crippen molar-refractivity contribution in [2.45, 2.75) is 38.6 Å². The number of fused-ring (bicyclic) bond motifs is 3. The van der Waals surface area contributed by atoms with Gasteiger partial charge < -0.3 is 5.73 Å². The average molecular weight is 139 g/mol. The van der Waals surface area contributed by atoms with Crippen LogP contribution in [0.4, 0.5) is 0 Å². The molecule has 0 amide bonds. The normalized spacial score (nSPS) is 53.4. The topological polar surface area (TPSA) is 26.0 Å². The summed E-state index contributed by atoms with van der Waals surface area (Å²) in [5.41, 5.74) is 6.06. The Bertz CT molecular complexity index is 105. The van der Waals surface area contributed by atoms with Crippen molar-refractivity contribution < 1.29 is 0 Å². The Balaban J connectivity index is 2.13. The number of hydrogen-bond acceptors (Lipinski definition) is 1. The van der Waals surface area contributed by atoms with Crippen LogP contribution in [-0.4, -0.2) is 6.04 Å². The molecule has 58 valence electrons. The minimum Gasteiger partial charge on any atom is -0.327 e. The molecule has 0 unspecified atom stereocenters. The molecule has 0 radical (unpaired) electrons. The van der Waals surface area contributed by atoms with Crippen LogP contribution < -0.4 is 5.73 Å². The van der Waals surface area contributed by atoms with E-state index < -0.39 is 0 Å². The van der Waals surface area contributed by atoms with Crippen LogP contribution in [0.25, 0.3) is 0 Å². The van der Waals surface area contributed by atoms with E-state index in [1.165, 1.54) is 25.7 Å². The van der Waals surface area contributed by atoms with Crippen LogP contribution >= 0.6 is 0 Å². The lowest BCUT2D eigenvalue weighted by Crippen LogP contribution is -2.47. The number of nitrogens with two attached hydrogens (primary N) is 1. The van der Waals surface area contributed by atoms with Crippen LogP contribution in [0, 0.1) is 17.8 Å². The van der Waals surface area contributed by atoms with Gasteiger partial charge in [-0.25, -0.2) is 0 Å². The predicted molar refractivity (Wildman–Crippen MR) is 42.6 cm³/mol. The molecule has 3 saturated carbocycles. The van der Waals surface area contributed by atoms with E-state index in [-0.39, 0.29) is 0 Å². The molecule has 3 aliphatic rings. The van der Waals surface area contributed by atoms with E-state index in [0.29, 0.717) is 6.04 Å². The van der Waals surface area contributed by atoms with Gasteiger partial charge in [-0.3, -0.25) is 0 Å². The van der Waals surface area contributed by atoms with Crippen LogP contribution in [0.3, 0.4) is 0 Å². The zero-order valence-electron chi connectivity index (χ0n) is 6.72. The first kappa shape index (κ1) is 6.66. The summed E-state index contributed by atoms with van der Waals surface area (Å²) in [5, 5.41) is 0. The van der Waals surface area contributed by atoms with Gasteiger partial charge in [0.15, 0.2) is 0 Å². The summed E-state index contributed by atoms with van der Waals surface area (Å²) in [5.74, 6) is 2.66. The van der Waals surface area contributed by atoms with Crippen LogP contribution in [0.5, 0.6) is 0 Å². The first-order valence-corrected chi connectivity index (χ1v) is 4.54. The molecule has 0 saturated heterocycles. The highest BCUT2D eigenvalue weighted by Gasteiger charge is 2.38. The molecule has 2 bridgehead atoms. The highest BCUT2D eigenvalue weighted by Crippen LogP contribution is 2.43. The van der Waals surface area contributed by atoms with Gasteiger partial charge in [0.25, 0.3) is 0 Å². The van der Waals surface area contributed by atoms with Gasteiger partial charge in [-0.05, 0) is 43.4 Å². The van der Waals surface area contributed by atoms with E-state index >= 15 is 0 Å². The van der Waals surface area contributed by atoms with Crippen LogP contribution in [0.2, 0.25) is 0 Å². The van der Waals surface area contributed by atoms with Crippen molar-refractivity contribution in [2.24, 2.45) is 23.5 Å². The van der Waals surface area contributed by atoms with E-state index in [0.717, 1.165) is 17.8 Å². The molecule has 0 aromatic rings. The van der Waals surface area contributed by atoms with Crippen molar-refractivity contribution in [3.63, 3.8) is 0 Å². The third-order valence-corrected chi connectivity index (χ3v) is 3.71. The molecule has 0 aliphatic heterocycles. The van der Waals surface area contributed by atoms with E-state index in [2.05, 4.69) is 6.92 Å². The molecule has 3 fully saturated rings. The highest BCUT2D eigenvalue weighted by atomic mass is 14.7. The summed E-state index contributed by atoms with van der Waals surface area (Å²) in [4.78, 5) is 0. The molecule has 0 spiro atoms. The molecule has 1 nitrogen and oxygen atoms in total. The molecule has 3 aliphatic carbocycles. The maximum Gasteiger partial charge on any atom is 0.00956 e. The highest BCUT2D eigenvalue weighted by molar-refractivity contribution is 4.92. The Morgan fingerprint density at radius 2 is 1.50 bits per heavy atom. The molecule has 2 atom stereocenters. The van der Waals surface area contributed by atoms with Crippen molar-refractivity contribution in [1.82, 2.24) is 0 Å². The lowest BCUT2D eigenvalue weighted by Gasteiger charge is -2.45. The SMILES string of the molecule is C[C@H]1C2CCC(CC2)[C@@H]1N. The average Bonchev–Trinajstić information content (AvgIpc) is 2.00. The molecular weight excluding hydrogens is 122 g/mol. The van der Waals surface area contributed by atoms with E-state index in [1.54, 1.807) is 0 Å². The molecular formula is C9H17N. The van der Waals surface area contributed by atoms with E-state index in [4.69, 9.17) is 5.73 Å². The van der Waals surface area contributed by atoms with E-state index in [9.17, 15) is 0 Å². The maximum atomic E-state index is 6.06. The fourth-order valence-electron chi connectivity index (χ4n) is 2.80. The van der Waals surface area contributed by atoms with Crippen LogP contribution in [-0.2, 0) is 0 Å². The standard InChI is InChI=1S/C9H17N/c1-6-7-2-4-8(5-3-7)9(6)10/h6-9H,2-5,10H2,1H3/t6-,7?,8?,9+/m0/s1. The predicted octanol–water partition coefficient (Wildman–Crippen LogP) is 1.77. The fraction of sp³-hybridized carbons (Fsp3) is 1.00. The molecule has 0 aromatic carbocycles. The summed E-state index contributed by atoms with van der Waals surface area (Å²) in [6, 6.07) is 0.535. The second-order valence-electron chi connectivity index (χ2n) is 4.11. The molecule has 0 aromatic heterocycles. The third kappa shape index (κ3) is 0.800. The Labute approximate surface area is 63.0 Å². The van der Waals surface area contributed by atoms with E-state index in [1.807, 2.05) is 0 Å². The van der Waals surface area contributed by atoms with Crippen molar-refractivity contribution in [3.8, 4) is 0 Å². The van der Waals surface area contributed by atoms with Gasteiger partial charge in [0.05, 0.1) is 0 Å². The smallest absolute Gasteiger partial charge is 0.00956 e. The zero-order chi connectivity index (χ0) is 7.14. The fourth-order valence-corrected chi connectivity index (χ4v) is 2.80. The third-order valence-electron chi connectivity index (χ3n) is 3.71. The largest absolute Gasteiger partial charge is 0.327 e. The minimum absolute atomic E-state index is 0.535. The molecule has 3 rings (SSSR count). The minimum atomic E-state index is 0.535. The van der Waals surface area contributed by atoms with Gasteiger partial charge in [-0.1, -0.05) is 6.92 Å². The van der Waals surface area contributed by atoms with Crippen molar-refractivity contribution in [1.29, 1.82) is 0 Å². The monoisotopic (exact) mass is 139 g/mol. The summed E-state index contributed by atoms with van der Waals surface area (Å²) in [7, 11) is 0. The second kappa shape index (κ2) is 2.23. The number of rotatable bonds is 0. The van der Waals surface area contributed by atoms with Crippen molar-refractivity contribution >= 4 is 0 Å². The van der Waals surface area contributed by atoms with Gasteiger partial charge >= 0.3 is 0 Å². The van der Waals surface area contributed by atoms with Gasteiger partial charge in [-0.2, -0.15) is 0 Å². The summed E-state index contributed by atoms with van der Waals surface area (Å²) in [6.45, 7) is 2.33. The molecule has 1 heteroatoms. The van der Waals surface area contributed by atoms with Crippen LogP contribution in [0.15, 0.2) is 0 Å². The summed E-state index contributed by atoms with van der Waals surface area (Å²) >= 11 is 0. The lowest BCUT2D eigenvalue weighted by atomic mass is 9.63. The lowest BCUT2D eigenvalue weighted by molar-refractivity contribution is 0.0828. The van der Waals surface area contributed by atoms with Gasteiger partial charge in [0.2, 0.25) is 0 Å². The molecule has 10 heavy (non-hydrogen) atoms. The first-order chi connectivity index (χ1) is 4.79. The van der Waals surface area contributed by atoms with Crippen LogP contribution in [0.1, 0.15) is 32.6 Å². The number of hydrogen-bond donors (Lipinski definition) is 1. The maximum absolute atomic E-state index is 6.06. The quantitative estimate of drug-likeness (QED) is 0.544. The molecule has 2 N–H and O–H groups in total. The summed E-state index contributed by atoms with van der Waals surface area (Å²) < 4.78 is 0. The zero-order valence-corrected chi connectivity index (χ0v) is 6.72. The van der Waals surface area contributed by atoms with Gasteiger partial charge in [0.1, 0.15) is 0 Å². The van der Waals surface area contributed by atoms with Gasteiger partial charge in [0, 0.05) is 6.04 Å². The second-order valence-corrected chi connectivity index (χ2v) is 4.11. The molecule has 0 heterocycles. The Morgan fingerprint density at radius 3 is 1.80 bits per heavy atom. The summed E-state index contributed by atoms with van der Waals surface area (Å²) in [6.07, 6.45) is 5.74. The van der Waals surface area contributed by atoms with Crippen molar-refractivity contribution in [2.75, 3.05) is 0 Å². The Kier molecular flexibility index (Phi) is 1.48. The Hall–Kier alpha value is -0.0400. The Morgan fingerprint density at radius 1 is 1.00 bits per heavy atom.